The Morgan fingerprint density at radius 3 is 2.30 bits per heavy atom. The molecule has 0 radical (unpaired) electrons. The molecule has 0 spiro atoms. The monoisotopic (exact) mass is 298 g/mol. The average Bonchev–Trinajstić information content (AvgIpc) is 2.37. The first kappa shape index (κ1) is 17.0. The van der Waals surface area contributed by atoms with Crippen LogP contribution in [0.25, 0.3) is 0 Å². The third-order valence-electron chi connectivity index (χ3n) is 3.08. The molecular formula is C15H26N2O2S. The highest BCUT2D eigenvalue weighted by molar-refractivity contribution is 7.92. The van der Waals surface area contributed by atoms with E-state index in [9.17, 15) is 8.42 Å². The fourth-order valence-electron chi connectivity index (χ4n) is 2.01. The number of aryl methyl sites for hydroxylation is 1. The molecule has 0 aliphatic carbocycles. The summed E-state index contributed by atoms with van der Waals surface area (Å²) in [6, 6.07) is 7.99. The van der Waals surface area contributed by atoms with Crippen molar-refractivity contribution in [3.63, 3.8) is 0 Å². The maximum Gasteiger partial charge on any atom is 0.235 e. The summed E-state index contributed by atoms with van der Waals surface area (Å²) in [6.45, 7) is 9.15. The minimum Gasteiger partial charge on any atom is -0.314 e. The Bertz CT molecular complexity index is 495. The van der Waals surface area contributed by atoms with Crippen molar-refractivity contribution in [3.8, 4) is 0 Å². The van der Waals surface area contributed by atoms with Crippen molar-refractivity contribution in [1.82, 2.24) is 5.32 Å². The van der Waals surface area contributed by atoms with Crippen molar-refractivity contribution in [2.75, 3.05) is 23.1 Å². The molecule has 114 valence electrons. The predicted molar refractivity (Wildman–Crippen MR) is 85.7 cm³/mol. The van der Waals surface area contributed by atoms with Crippen LogP contribution in [0.5, 0.6) is 0 Å². The lowest BCUT2D eigenvalue weighted by molar-refractivity contribution is 0.566. The third kappa shape index (κ3) is 5.13. The van der Waals surface area contributed by atoms with Crippen molar-refractivity contribution >= 4 is 15.7 Å². The van der Waals surface area contributed by atoms with E-state index in [1.807, 2.05) is 38.1 Å². The molecule has 0 fully saturated rings. The second-order valence-corrected chi connectivity index (χ2v) is 7.29. The Morgan fingerprint density at radius 2 is 1.80 bits per heavy atom. The lowest BCUT2D eigenvalue weighted by Crippen LogP contribution is -2.34. The highest BCUT2D eigenvalue weighted by Crippen LogP contribution is 2.19. The summed E-state index contributed by atoms with van der Waals surface area (Å²) in [7, 11) is -3.24. The van der Waals surface area contributed by atoms with Crippen LogP contribution in [0.4, 0.5) is 5.69 Å². The molecule has 1 rings (SSSR count). The van der Waals surface area contributed by atoms with Crippen LogP contribution in [-0.2, 0) is 10.0 Å². The van der Waals surface area contributed by atoms with Gasteiger partial charge in [-0.25, -0.2) is 8.42 Å². The summed E-state index contributed by atoms with van der Waals surface area (Å²) in [5.74, 6) is 0.175. The summed E-state index contributed by atoms with van der Waals surface area (Å²) in [5, 5.41) is 3.24. The zero-order valence-electron chi connectivity index (χ0n) is 12.9. The van der Waals surface area contributed by atoms with Crippen molar-refractivity contribution in [3.05, 3.63) is 29.8 Å². The Hall–Kier alpha value is -1.07. The van der Waals surface area contributed by atoms with Gasteiger partial charge in [0.1, 0.15) is 0 Å². The quantitative estimate of drug-likeness (QED) is 0.750. The van der Waals surface area contributed by atoms with Crippen molar-refractivity contribution in [1.29, 1.82) is 0 Å². The number of hydrogen-bond donors (Lipinski definition) is 1. The van der Waals surface area contributed by atoms with E-state index in [0.29, 0.717) is 19.0 Å². The van der Waals surface area contributed by atoms with Gasteiger partial charge in [-0.3, -0.25) is 4.31 Å². The summed E-state index contributed by atoms with van der Waals surface area (Å²) in [5.41, 5.74) is 1.87. The minimum absolute atomic E-state index is 0.175. The molecule has 0 aromatic heterocycles. The first-order valence-electron chi connectivity index (χ1n) is 7.17. The molecule has 4 nitrogen and oxygen atoms in total. The van der Waals surface area contributed by atoms with E-state index in [-0.39, 0.29) is 5.75 Å². The maximum absolute atomic E-state index is 12.4. The highest BCUT2D eigenvalue weighted by Gasteiger charge is 2.20. The zero-order valence-corrected chi connectivity index (χ0v) is 13.7. The number of hydrogen-bond acceptors (Lipinski definition) is 3. The molecule has 1 N–H and O–H groups in total. The van der Waals surface area contributed by atoms with E-state index in [0.717, 1.165) is 17.8 Å². The summed E-state index contributed by atoms with van der Waals surface area (Å²) < 4.78 is 26.3. The number of nitrogens with zero attached hydrogens (tertiary/aromatic N) is 1. The SMILES string of the molecule is CCN(c1ccc(C)cc1)S(=O)(=O)CCCNC(C)C. The summed E-state index contributed by atoms with van der Waals surface area (Å²) in [4.78, 5) is 0. The van der Waals surface area contributed by atoms with E-state index in [4.69, 9.17) is 0 Å². The van der Waals surface area contributed by atoms with Crippen LogP contribution in [0.3, 0.4) is 0 Å². The van der Waals surface area contributed by atoms with Crippen LogP contribution in [0.2, 0.25) is 0 Å². The third-order valence-corrected chi connectivity index (χ3v) is 5.02. The fraction of sp³-hybridized carbons (Fsp3) is 0.600. The first-order valence-corrected chi connectivity index (χ1v) is 8.78. The predicted octanol–water partition coefficient (Wildman–Crippen LogP) is 2.54. The van der Waals surface area contributed by atoms with Gasteiger partial charge in [0.05, 0.1) is 11.4 Å². The fourth-order valence-corrected chi connectivity index (χ4v) is 3.57. The smallest absolute Gasteiger partial charge is 0.235 e. The molecule has 0 saturated heterocycles. The molecule has 0 aliphatic rings. The Morgan fingerprint density at radius 1 is 1.20 bits per heavy atom. The van der Waals surface area contributed by atoms with Gasteiger partial charge in [0.25, 0.3) is 0 Å². The molecule has 1 aromatic carbocycles. The van der Waals surface area contributed by atoms with Gasteiger partial charge < -0.3 is 5.32 Å². The van der Waals surface area contributed by atoms with Gasteiger partial charge in [0.2, 0.25) is 10.0 Å². The number of benzene rings is 1. The molecule has 5 heteroatoms. The topological polar surface area (TPSA) is 49.4 Å². The van der Waals surface area contributed by atoms with Crippen LogP contribution in [0.15, 0.2) is 24.3 Å². The zero-order chi connectivity index (χ0) is 15.2. The number of nitrogens with one attached hydrogen (secondary N) is 1. The largest absolute Gasteiger partial charge is 0.314 e. The normalized spacial score (nSPS) is 11.8. The molecule has 20 heavy (non-hydrogen) atoms. The van der Waals surface area contributed by atoms with Crippen LogP contribution in [0, 0.1) is 6.92 Å². The van der Waals surface area contributed by atoms with Gasteiger partial charge in [-0.1, -0.05) is 31.5 Å². The molecule has 1 aromatic rings. The minimum atomic E-state index is -3.24. The lowest BCUT2D eigenvalue weighted by atomic mass is 10.2. The molecule has 0 atom stereocenters. The van der Waals surface area contributed by atoms with E-state index in [2.05, 4.69) is 19.2 Å². The summed E-state index contributed by atoms with van der Waals surface area (Å²) in [6.07, 6.45) is 0.628. The Balaban J connectivity index is 2.69. The Kier molecular flexibility index (Phi) is 6.49. The highest BCUT2D eigenvalue weighted by atomic mass is 32.2. The van der Waals surface area contributed by atoms with Crippen LogP contribution < -0.4 is 9.62 Å². The van der Waals surface area contributed by atoms with Gasteiger partial charge in [-0.15, -0.1) is 0 Å². The molecule has 0 heterocycles. The van der Waals surface area contributed by atoms with Gasteiger partial charge in [-0.2, -0.15) is 0 Å². The van der Waals surface area contributed by atoms with Gasteiger partial charge in [0.15, 0.2) is 0 Å². The lowest BCUT2D eigenvalue weighted by Gasteiger charge is -2.23. The van der Waals surface area contributed by atoms with Crippen molar-refractivity contribution < 1.29 is 8.42 Å². The number of anilines is 1. The maximum atomic E-state index is 12.4. The summed E-state index contributed by atoms with van der Waals surface area (Å²) >= 11 is 0. The second kappa shape index (κ2) is 7.64. The van der Waals surface area contributed by atoms with E-state index < -0.39 is 10.0 Å². The van der Waals surface area contributed by atoms with Crippen LogP contribution in [0.1, 0.15) is 32.8 Å². The molecule has 0 saturated carbocycles. The standard InChI is InChI=1S/C15H26N2O2S/c1-5-17(15-9-7-14(4)8-10-15)20(18,19)12-6-11-16-13(2)3/h7-10,13,16H,5-6,11-12H2,1-4H3. The van der Waals surface area contributed by atoms with Crippen LogP contribution in [-0.4, -0.2) is 33.3 Å². The van der Waals surface area contributed by atoms with Crippen molar-refractivity contribution in [2.45, 2.75) is 40.2 Å². The van der Waals surface area contributed by atoms with Gasteiger partial charge in [-0.05, 0) is 38.9 Å². The number of rotatable bonds is 8. The van der Waals surface area contributed by atoms with Crippen LogP contribution >= 0.6 is 0 Å². The molecule has 0 unspecified atom stereocenters. The Labute approximate surface area is 123 Å². The molecular weight excluding hydrogens is 272 g/mol. The second-order valence-electron chi connectivity index (χ2n) is 5.28. The van der Waals surface area contributed by atoms with E-state index in [1.54, 1.807) is 0 Å². The van der Waals surface area contributed by atoms with E-state index >= 15 is 0 Å². The molecule has 0 amide bonds. The van der Waals surface area contributed by atoms with E-state index in [1.165, 1.54) is 4.31 Å². The van der Waals surface area contributed by atoms with Gasteiger partial charge >= 0.3 is 0 Å². The average molecular weight is 298 g/mol. The molecule has 0 aliphatic heterocycles. The molecule has 0 bridgehead atoms. The van der Waals surface area contributed by atoms with Gasteiger partial charge in [0, 0.05) is 12.6 Å². The first-order chi connectivity index (χ1) is 9.36. The van der Waals surface area contributed by atoms with Crippen molar-refractivity contribution in [2.24, 2.45) is 0 Å². The number of sulfonamides is 1.